The molecule has 0 aliphatic carbocycles. The van der Waals surface area contributed by atoms with Gasteiger partial charge < -0.3 is 14.2 Å². The number of carbonyl (C=O) groups excluding carboxylic acids is 2. The van der Waals surface area contributed by atoms with Crippen LogP contribution in [0, 0.1) is 6.92 Å². The van der Waals surface area contributed by atoms with Gasteiger partial charge in [-0.25, -0.2) is 0 Å². The number of nitrogens with zero attached hydrogens (tertiary/aromatic N) is 3. The average molecular weight is 478 g/mol. The van der Waals surface area contributed by atoms with Crippen LogP contribution in [-0.2, 0) is 12.1 Å². The number of amides is 1. The first-order chi connectivity index (χ1) is 15.9. The van der Waals surface area contributed by atoms with Crippen LogP contribution < -0.4 is 4.74 Å². The maximum absolute atomic E-state index is 13.2. The highest BCUT2D eigenvalue weighted by molar-refractivity contribution is 5.99. The van der Waals surface area contributed by atoms with E-state index in [-0.39, 0.29) is 17.7 Å². The number of alkyl halides is 3. The Balaban J connectivity index is 1.53. The standard InChI is InChI=1S/C25H30F3N3O3/c1-16(2)34-20-7-5-18(15-17(20)3)23(33)30-11-9-24(10-12-30)21-8-6-19(22(32)25(26,27)28)31(21)14-13-29(24)4/h5-8,15-16H,9-14H2,1-4H3. The molecule has 0 unspecified atom stereocenters. The number of ether oxygens (including phenoxy) is 1. The largest absolute Gasteiger partial charge is 0.491 e. The number of hydrogen-bond acceptors (Lipinski definition) is 4. The Morgan fingerprint density at radius 3 is 2.29 bits per heavy atom. The zero-order valence-corrected chi connectivity index (χ0v) is 19.9. The molecule has 6 nitrogen and oxygen atoms in total. The van der Waals surface area contributed by atoms with Crippen LogP contribution in [-0.4, -0.2) is 65.0 Å². The Hall–Kier alpha value is -2.81. The SMILES string of the molecule is Cc1cc(C(=O)N2CCC3(CC2)c2ccc(C(=O)C(F)(F)F)n2CCN3C)ccc1OC(C)C. The molecule has 1 fully saturated rings. The van der Waals surface area contributed by atoms with Crippen LogP contribution in [0.1, 0.15) is 58.8 Å². The van der Waals surface area contributed by atoms with E-state index in [2.05, 4.69) is 4.90 Å². The van der Waals surface area contributed by atoms with Gasteiger partial charge >= 0.3 is 6.18 Å². The molecule has 184 valence electrons. The minimum Gasteiger partial charge on any atom is -0.491 e. The van der Waals surface area contributed by atoms with Crippen LogP contribution in [0.4, 0.5) is 13.2 Å². The lowest BCUT2D eigenvalue weighted by molar-refractivity contribution is -0.0892. The number of rotatable bonds is 4. The summed E-state index contributed by atoms with van der Waals surface area (Å²) < 4.78 is 46.5. The first-order valence-corrected chi connectivity index (χ1v) is 11.5. The van der Waals surface area contributed by atoms with E-state index in [4.69, 9.17) is 4.74 Å². The van der Waals surface area contributed by atoms with Crippen molar-refractivity contribution in [3.8, 4) is 5.75 Å². The number of likely N-dealkylation sites (tertiary alicyclic amines) is 1. The predicted octanol–water partition coefficient (Wildman–Crippen LogP) is 4.41. The highest BCUT2D eigenvalue weighted by Crippen LogP contribution is 2.42. The molecule has 2 aromatic rings. The number of Topliss-reactive ketones (excluding diaryl/α,β-unsaturated/α-hetero) is 1. The average Bonchev–Trinajstić information content (AvgIpc) is 3.21. The first-order valence-electron chi connectivity index (χ1n) is 11.5. The molecule has 9 heteroatoms. The number of hydrogen-bond donors (Lipinski definition) is 0. The maximum Gasteiger partial charge on any atom is 0.456 e. The number of aryl methyl sites for hydroxylation is 1. The van der Waals surface area contributed by atoms with Gasteiger partial charge in [0.15, 0.2) is 0 Å². The summed E-state index contributed by atoms with van der Waals surface area (Å²) in [5.41, 5.74) is 1.37. The molecular weight excluding hydrogens is 447 g/mol. The lowest BCUT2D eigenvalue weighted by atomic mass is 9.81. The molecule has 3 heterocycles. The zero-order chi connectivity index (χ0) is 24.8. The number of piperidine rings is 1. The van der Waals surface area contributed by atoms with Crippen LogP contribution in [0.2, 0.25) is 0 Å². The topological polar surface area (TPSA) is 54.8 Å². The minimum absolute atomic E-state index is 0.0388. The fraction of sp³-hybridized carbons (Fsp3) is 0.520. The third-order valence-electron chi connectivity index (χ3n) is 7.00. The first kappa shape index (κ1) is 24.3. The van der Waals surface area contributed by atoms with Crippen LogP contribution in [0.25, 0.3) is 0 Å². The van der Waals surface area contributed by atoms with E-state index in [0.29, 0.717) is 50.3 Å². The van der Waals surface area contributed by atoms with Crippen molar-refractivity contribution in [2.45, 2.75) is 58.0 Å². The number of ketones is 1. The maximum atomic E-state index is 13.2. The van der Waals surface area contributed by atoms with E-state index in [1.54, 1.807) is 17.0 Å². The molecule has 1 spiro atoms. The van der Waals surface area contributed by atoms with Gasteiger partial charge in [0.2, 0.25) is 0 Å². The highest BCUT2D eigenvalue weighted by Gasteiger charge is 2.47. The second-order valence-electron chi connectivity index (χ2n) is 9.47. The molecule has 1 aromatic heterocycles. The molecule has 0 saturated carbocycles. The smallest absolute Gasteiger partial charge is 0.456 e. The van der Waals surface area contributed by atoms with Crippen LogP contribution in [0.15, 0.2) is 30.3 Å². The van der Waals surface area contributed by atoms with E-state index >= 15 is 0 Å². The molecule has 0 bridgehead atoms. The Morgan fingerprint density at radius 2 is 1.71 bits per heavy atom. The van der Waals surface area contributed by atoms with Gasteiger partial charge in [0.05, 0.1) is 17.3 Å². The Bertz CT molecular complexity index is 1100. The summed E-state index contributed by atoms with van der Waals surface area (Å²) in [6, 6.07) is 8.34. The lowest BCUT2D eigenvalue weighted by Gasteiger charge is -2.50. The fourth-order valence-corrected chi connectivity index (χ4v) is 5.19. The highest BCUT2D eigenvalue weighted by atomic mass is 19.4. The van der Waals surface area contributed by atoms with E-state index in [0.717, 1.165) is 11.3 Å². The molecule has 0 N–H and O–H groups in total. The van der Waals surface area contributed by atoms with Gasteiger partial charge in [-0.05, 0) is 76.6 Å². The summed E-state index contributed by atoms with van der Waals surface area (Å²) >= 11 is 0. The summed E-state index contributed by atoms with van der Waals surface area (Å²) in [5, 5.41) is 0. The number of fused-ring (bicyclic) bond motifs is 2. The zero-order valence-electron chi connectivity index (χ0n) is 19.9. The van der Waals surface area contributed by atoms with Gasteiger partial charge in [-0.15, -0.1) is 0 Å². The molecule has 2 aliphatic heterocycles. The number of halogens is 3. The summed E-state index contributed by atoms with van der Waals surface area (Å²) in [4.78, 5) is 29.1. The van der Waals surface area contributed by atoms with Crippen molar-refractivity contribution in [2.24, 2.45) is 0 Å². The van der Waals surface area contributed by atoms with E-state index in [9.17, 15) is 22.8 Å². The second kappa shape index (κ2) is 8.76. The number of benzene rings is 1. The molecule has 34 heavy (non-hydrogen) atoms. The summed E-state index contributed by atoms with van der Waals surface area (Å²) in [5.74, 6) is -1.14. The van der Waals surface area contributed by atoms with Crippen molar-refractivity contribution in [2.75, 3.05) is 26.7 Å². The van der Waals surface area contributed by atoms with Crippen molar-refractivity contribution in [1.29, 1.82) is 0 Å². The summed E-state index contributed by atoms with van der Waals surface area (Å²) in [6.07, 6.45) is -3.72. The van der Waals surface area contributed by atoms with Crippen molar-refractivity contribution < 1.29 is 27.5 Å². The van der Waals surface area contributed by atoms with Gasteiger partial charge in [-0.3, -0.25) is 14.5 Å². The van der Waals surface area contributed by atoms with Crippen LogP contribution in [0.5, 0.6) is 5.75 Å². The van der Waals surface area contributed by atoms with E-state index in [1.807, 2.05) is 40.0 Å². The number of likely N-dealkylation sites (N-methyl/N-ethyl adjacent to an activating group) is 1. The lowest BCUT2D eigenvalue weighted by Crippen LogP contribution is -2.56. The molecule has 1 amide bonds. The number of aromatic nitrogens is 1. The van der Waals surface area contributed by atoms with Crippen molar-refractivity contribution in [3.05, 3.63) is 52.8 Å². The van der Waals surface area contributed by atoms with Gasteiger partial charge in [-0.1, -0.05) is 0 Å². The van der Waals surface area contributed by atoms with Gasteiger partial charge in [0.25, 0.3) is 11.7 Å². The van der Waals surface area contributed by atoms with Crippen LogP contribution >= 0.6 is 0 Å². The van der Waals surface area contributed by atoms with Crippen molar-refractivity contribution >= 4 is 11.7 Å². The monoisotopic (exact) mass is 477 g/mol. The minimum atomic E-state index is -4.91. The quantitative estimate of drug-likeness (QED) is 0.613. The number of carbonyl (C=O) groups is 2. The second-order valence-corrected chi connectivity index (χ2v) is 9.47. The third-order valence-corrected chi connectivity index (χ3v) is 7.00. The summed E-state index contributed by atoms with van der Waals surface area (Å²) in [6.45, 7) is 7.60. The Kier molecular flexibility index (Phi) is 6.27. The molecule has 0 atom stereocenters. The molecule has 1 saturated heterocycles. The fourth-order valence-electron chi connectivity index (χ4n) is 5.19. The third kappa shape index (κ3) is 4.21. The van der Waals surface area contributed by atoms with Crippen LogP contribution in [0.3, 0.4) is 0 Å². The summed E-state index contributed by atoms with van der Waals surface area (Å²) in [7, 11) is 1.95. The van der Waals surface area contributed by atoms with E-state index < -0.39 is 17.5 Å². The van der Waals surface area contributed by atoms with Crippen molar-refractivity contribution in [3.63, 3.8) is 0 Å². The van der Waals surface area contributed by atoms with Gasteiger partial charge in [0.1, 0.15) is 5.75 Å². The van der Waals surface area contributed by atoms with Gasteiger partial charge in [0, 0.05) is 37.4 Å². The van der Waals surface area contributed by atoms with E-state index in [1.165, 1.54) is 10.6 Å². The molecule has 0 radical (unpaired) electrons. The molecule has 2 aliphatic rings. The van der Waals surface area contributed by atoms with Gasteiger partial charge in [-0.2, -0.15) is 13.2 Å². The van der Waals surface area contributed by atoms with Crippen molar-refractivity contribution in [1.82, 2.24) is 14.4 Å². The Morgan fingerprint density at radius 1 is 1.03 bits per heavy atom. The molecule has 1 aromatic carbocycles. The normalized spacial score (nSPS) is 18.3. The molecule has 4 rings (SSSR count). The predicted molar refractivity (Wildman–Crippen MR) is 121 cm³/mol. The Labute approximate surface area is 197 Å². The molecular formula is C25H30F3N3O3.